The van der Waals surface area contributed by atoms with E-state index in [1.54, 1.807) is 0 Å². The van der Waals surface area contributed by atoms with E-state index >= 15 is 0 Å². The molecule has 2 unspecified atom stereocenters. The van der Waals surface area contributed by atoms with Gasteiger partial charge in [-0.15, -0.1) is 0 Å². The van der Waals surface area contributed by atoms with Crippen molar-refractivity contribution in [1.82, 2.24) is 5.32 Å². The van der Waals surface area contributed by atoms with Crippen LogP contribution in [0.15, 0.2) is 0 Å². The fourth-order valence-corrected chi connectivity index (χ4v) is 4.34. The van der Waals surface area contributed by atoms with E-state index in [9.17, 15) is 13.2 Å². The average Bonchev–Trinajstić information content (AvgIpc) is 2.75. The largest absolute Gasteiger partial charge is 0.469 e. The number of sulfone groups is 1. The van der Waals surface area contributed by atoms with Crippen molar-refractivity contribution in [3.63, 3.8) is 0 Å². The number of carbonyl (C=O) groups is 1. The minimum atomic E-state index is -3.20. The Balaban J connectivity index is 2.59. The molecular weight excluding hydrogens is 242 g/mol. The lowest BCUT2D eigenvalue weighted by molar-refractivity contribution is -0.140. The van der Waals surface area contributed by atoms with E-state index < -0.39 is 15.8 Å². The molecule has 1 rings (SSSR count). The van der Waals surface area contributed by atoms with Crippen molar-refractivity contribution in [3.8, 4) is 0 Å². The van der Waals surface area contributed by atoms with Gasteiger partial charge in [0.15, 0.2) is 9.84 Å². The van der Waals surface area contributed by atoms with Crippen LogP contribution in [0.1, 0.15) is 32.6 Å². The molecule has 0 aromatic rings. The summed E-state index contributed by atoms with van der Waals surface area (Å²) >= 11 is 0. The molecule has 1 aliphatic carbocycles. The van der Waals surface area contributed by atoms with Crippen molar-refractivity contribution in [3.05, 3.63) is 0 Å². The lowest BCUT2D eigenvalue weighted by Crippen LogP contribution is -2.41. The predicted octanol–water partition coefficient (Wildman–Crippen LogP) is 0.495. The highest BCUT2D eigenvalue weighted by atomic mass is 32.2. The number of ether oxygens (including phenoxy) is 1. The van der Waals surface area contributed by atoms with Gasteiger partial charge < -0.3 is 10.1 Å². The highest BCUT2D eigenvalue weighted by molar-refractivity contribution is 7.92. The van der Waals surface area contributed by atoms with Gasteiger partial charge in [0.2, 0.25) is 0 Å². The third-order valence-electron chi connectivity index (χ3n) is 3.20. The Morgan fingerprint density at radius 1 is 1.41 bits per heavy atom. The Morgan fingerprint density at radius 3 is 2.71 bits per heavy atom. The molecule has 6 heteroatoms. The average molecular weight is 263 g/mol. The Labute approximate surface area is 103 Å². The third kappa shape index (κ3) is 3.96. The SMILES string of the molecule is CCNC1CCCC1S(=O)(=O)CCC(=O)OC. The van der Waals surface area contributed by atoms with Crippen LogP contribution in [-0.2, 0) is 19.4 Å². The Kier molecular flexibility index (Phi) is 5.39. The molecule has 1 fully saturated rings. The number of methoxy groups -OCH3 is 1. The molecular formula is C11H21NO4S. The fourth-order valence-electron chi connectivity index (χ4n) is 2.33. The molecule has 100 valence electrons. The van der Waals surface area contributed by atoms with Crippen LogP contribution < -0.4 is 5.32 Å². The topological polar surface area (TPSA) is 72.5 Å². The highest BCUT2D eigenvalue weighted by Crippen LogP contribution is 2.26. The molecule has 0 aromatic heterocycles. The van der Waals surface area contributed by atoms with Crippen molar-refractivity contribution in [2.75, 3.05) is 19.4 Å². The molecule has 17 heavy (non-hydrogen) atoms. The van der Waals surface area contributed by atoms with Crippen LogP contribution in [0.25, 0.3) is 0 Å². The van der Waals surface area contributed by atoms with Gasteiger partial charge in [0.25, 0.3) is 0 Å². The summed E-state index contributed by atoms with van der Waals surface area (Å²) in [6.45, 7) is 2.74. The molecule has 0 aliphatic heterocycles. The van der Waals surface area contributed by atoms with E-state index in [4.69, 9.17) is 0 Å². The van der Waals surface area contributed by atoms with Gasteiger partial charge >= 0.3 is 5.97 Å². The summed E-state index contributed by atoms with van der Waals surface area (Å²) in [5.74, 6) is -0.571. The van der Waals surface area contributed by atoms with E-state index in [-0.39, 0.29) is 23.5 Å². The van der Waals surface area contributed by atoms with Crippen LogP contribution in [0.3, 0.4) is 0 Å². The molecule has 0 aromatic carbocycles. The molecule has 0 saturated heterocycles. The van der Waals surface area contributed by atoms with Gasteiger partial charge in [0, 0.05) is 6.04 Å². The zero-order valence-electron chi connectivity index (χ0n) is 10.4. The maximum Gasteiger partial charge on any atom is 0.306 e. The molecule has 0 bridgehead atoms. The lowest BCUT2D eigenvalue weighted by atomic mass is 10.2. The van der Waals surface area contributed by atoms with Gasteiger partial charge in [-0.3, -0.25) is 4.79 Å². The first-order valence-electron chi connectivity index (χ1n) is 6.03. The summed E-state index contributed by atoms with van der Waals surface area (Å²) in [4.78, 5) is 11.0. The first kappa shape index (κ1) is 14.4. The minimum absolute atomic E-state index is 0.0441. The van der Waals surface area contributed by atoms with Gasteiger partial charge in [-0.2, -0.15) is 0 Å². The second-order valence-electron chi connectivity index (χ2n) is 4.33. The van der Waals surface area contributed by atoms with Crippen LogP contribution in [-0.4, -0.2) is 45.1 Å². The number of nitrogens with one attached hydrogen (secondary N) is 1. The minimum Gasteiger partial charge on any atom is -0.469 e. The van der Waals surface area contributed by atoms with E-state index in [2.05, 4.69) is 10.1 Å². The summed E-state index contributed by atoms with van der Waals surface area (Å²) in [6, 6.07) is 0.0441. The van der Waals surface area contributed by atoms with Gasteiger partial charge in [0.1, 0.15) is 0 Å². The van der Waals surface area contributed by atoms with E-state index in [1.807, 2.05) is 6.92 Å². The third-order valence-corrected chi connectivity index (χ3v) is 5.46. The highest BCUT2D eigenvalue weighted by Gasteiger charge is 2.36. The van der Waals surface area contributed by atoms with E-state index in [1.165, 1.54) is 7.11 Å². The molecule has 2 atom stereocenters. The maximum absolute atomic E-state index is 12.1. The van der Waals surface area contributed by atoms with Crippen molar-refractivity contribution in [2.24, 2.45) is 0 Å². The number of rotatable bonds is 6. The molecule has 1 aliphatic rings. The molecule has 0 amide bonds. The van der Waals surface area contributed by atoms with E-state index in [0.717, 1.165) is 19.4 Å². The predicted molar refractivity (Wildman–Crippen MR) is 65.5 cm³/mol. The fraction of sp³-hybridized carbons (Fsp3) is 0.909. The number of hydrogen-bond donors (Lipinski definition) is 1. The van der Waals surface area contributed by atoms with Gasteiger partial charge in [-0.05, 0) is 19.4 Å². The monoisotopic (exact) mass is 263 g/mol. The molecule has 0 spiro atoms. The quantitative estimate of drug-likeness (QED) is 0.706. The molecule has 1 saturated carbocycles. The van der Waals surface area contributed by atoms with Crippen LogP contribution >= 0.6 is 0 Å². The van der Waals surface area contributed by atoms with Gasteiger partial charge in [0.05, 0.1) is 24.5 Å². The number of esters is 1. The summed E-state index contributed by atoms with van der Waals surface area (Å²) in [7, 11) is -1.93. The van der Waals surface area contributed by atoms with Crippen molar-refractivity contribution in [2.45, 2.75) is 43.9 Å². The van der Waals surface area contributed by atoms with Crippen LogP contribution in [0.2, 0.25) is 0 Å². The van der Waals surface area contributed by atoms with Crippen LogP contribution in [0.5, 0.6) is 0 Å². The van der Waals surface area contributed by atoms with Gasteiger partial charge in [-0.25, -0.2) is 8.42 Å². The summed E-state index contributed by atoms with van der Waals surface area (Å²) in [5.41, 5.74) is 0. The lowest BCUT2D eigenvalue weighted by Gasteiger charge is -2.20. The second kappa shape index (κ2) is 6.35. The zero-order chi connectivity index (χ0) is 12.9. The summed E-state index contributed by atoms with van der Waals surface area (Å²) in [6.07, 6.45) is 2.48. The summed E-state index contributed by atoms with van der Waals surface area (Å²) in [5, 5.41) is 2.87. The molecule has 0 heterocycles. The van der Waals surface area contributed by atoms with E-state index in [0.29, 0.717) is 6.42 Å². The maximum atomic E-state index is 12.1. The van der Waals surface area contributed by atoms with Crippen LogP contribution in [0.4, 0.5) is 0 Å². The Bertz CT molecular complexity index is 352. The van der Waals surface area contributed by atoms with Crippen molar-refractivity contribution < 1.29 is 17.9 Å². The smallest absolute Gasteiger partial charge is 0.306 e. The molecule has 5 nitrogen and oxygen atoms in total. The second-order valence-corrected chi connectivity index (χ2v) is 6.67. The Morgan fingerprint density at radius 2 is 2.12 bits per heavy atom. The standard InChI is InChI=1S/C11H21NO4S/c1-3-12-9-5-4-6-10(9)17(14,15)8-7-11(13)16-2/h9-10,12H,3-8H2,1-2H3. The number of carbonyl (C=O) groups excluding carboxylic acids is 1. The van der Waals surface area contributed by atoms with Crippen molar-refractivity contribution >= 4 is 15.8 Å². The normalized spacial score (nSPS) is 24.8. The summed E-state index contributed by atoms with van der Waals surface area (Å²) < 4.78 is 28.6. The van der Waals surface area contributed by atoms with Crippen molar-refractivity contribution in [1.29, 1.82) is 0 Å². The Hall–Kier alpha value is -0.620. The van der Waals surface area contributed by atoms with Crippen LogP contribution in [0, 0.1) is 0 Å². The first-order valence-corrected chi connectivity index (χ1v) is 7.74. The molecule has 0 radical (unpaired) electrons. The first-order chi connectivity index (χ1) is 8.01. The molecule has 1 N–H and O–H groups in total. The van der Waals surface area contributed by atoms with Gasteiger partial charge in [-0.1, -0.05) is 13.3 Å². The zero-order valence-corrected chi connectivity index (χ0v) is 11.3. The number of hydrogen-bond acceptors (Lipinski definition) is 5.